The van der Waals surface area contributed by atoms with Gasteiger partial charge in [0.1, 0.15) is 12.4 Å². The van der Waals surface area contributed by atoms with Crippen LogP contribution < -0.4 is 5.73 Å². The second-order valence-electron chi connectivity index (χ2n) is 5.42. The fourth-order valence-electron chi connectivity index (χ4n) is 2.54. The molecule has 2 aromatic rings. The largest absolute Gasteiger partial charge is 0.406 e. The number of para-hydroxylation sites is 2. The molecule has 0 amide bonds. The predicted molar refractivity (Wildman–Crippen MR) is 70.2 cm³/mol. The van der Waals surface area contributed by atoms with Gasteiger partial charge in [-0.1, -0.05) is 12.1 Å². The second kappa shape index (κ2) is 4.77. The predicted octanol–water partition coefficient (Wildman–Crippen LogP) is 2.88. The molecule has 0 radical (unpaired) electrons. The number of rotatable bonds is 4. The van der Waals surface area contributed by atoms with Crippen LogP contribution in [-0.2, 0) is 13.0 Å². The van der Waals surface area contributed by atoms with E-state index in [1.165, 1.54) is 4.57 Å². The van der Waals surface area contributed by atoms with Crippen molar-refractivity contribution >= 4 is 11.0 Å². The minimum atomic E-state index is -4.26. The topological polar surface area (TPSA) is 43.8 Å². The summed E-state index contributed by atoms with van der Waals surface area (Å²) in [5, 5.41) is 0. The van der Waals surface area contributed by atoms with Gasteiger partial charge in [0, 0.05) is 12.5 Å². The normalized spacial score (nSPS) is 17.6. The first-order chi connectivity index (χ1) is 9.44. The van der Waals surface area contributed by atoms with E-state index in [1.807, 2.05) is 0 Å². The Labute approximate surface area is 114 Å². The minimum Gasteiger partial charge on any atom is -0.327 e. The van der Waals surface area contributed by atoms with Gasteiger partial charge in [-0.15, -0.1) is 0 Å². The third-order valence-electron chi connectivity index (χ3n) is 3.72. The fraction of sp³-hybridized carbons (Fsp3) is 0.500. The van der Waals surface area contributed by atoms with Crippen molar-refractivity contribution in [2.24, 2.45) is 11.7 Å². The van der Waals surface area contributed by atoms with Crippen LogP contribution in [0.3, 0.4) is 0 Å². The average Bonchev–Trinajstić information content (AvgIpc) is 3.15. The highest BCUT2D eigenvalue weighted by atomic mass is 19.4. The van der Waals surface area contributed by atoms with Gasteiger partial charge in [-0.2, -0.15) is 13.2 Å². The standard InChI is InChI=1S/C14H16F3N3/c15-14(16,17)8-20-12-4-2-1-3-11(12)19-13(20)7-10(18)9-5-6-9/h1-4,9-10H,5-8,18H2. The number of alkyl halides is 3. The Kier molecular flexibility index (Phi) is 3.20. The van der Waals surface area contributed by atoms with Crippen LogP contribution in [0.4, 0.5) is 13.2 Å². The molecule has 1 aliphatic rings. The number of benzene rings is 1. The zero-order valence-corrected chi connectivity index (χ0v) is 10.9. The number of hydrogen-bond acceptors (Lipinski definition) is 2. The lowest BCUT2D eigenvalue weighted by Gasteiger charge is -2.14. The summed E-state index contributed by atoms with van der Waals surface area (Å²) in [4.78, 5) is 4.33. The Hall–Kier alpha value is -1.56. The monoisotopic (exact) mass is 283 g/mol. The fourth-order valence-corrected chi connectivity index (χ4v) is 2.54. The van der Waals surface area contributed by atoms with Gasteiger partial charge in [-0.05, 0) is 30.9 Å². The van der Waals surface area contributed by atoms with Crippen LogP contribution in [0.5, 0.6) is 0 Å². The molecule has 3 rings (SSSR count). The number of hydrogen-bond donors (Lipinski definition) is 1. The molecule has 0 bridgehead atoms. The Morgan fingerprint density at radius 1 is 1.30 bits per heavy atom. The molecular formula is C14H16F3N3. The maximum absolute atomic E-state index is 12.8. The van der Waals surface area contributed by atoms with Crippen LogP contribution in [0.15, 0.2) is 24.3 Å². The molecule has 1 aromatic carbocycles. The van der Waals surface area contributed by atoms with Crippen molar-refractivity contribution < 1.29 is 13.2 Å². The van der Waals surface area contributed by atoms with Crippen LogP contribution in [-0.4, -0.2) is 21.8 Å². The van der Waals surface area contributed by atoms with E-state index in [4.69, 9.17) is 5.73 Å². The van der Waals surface area contributed by atoms with Crippen molar-refractivity contribution in [1.29, 1.82) is 0 Å². The molecule has 1 heterocycles. The highest BCUT2D eigenvalue weighted by Gasteiger charge is 2.33. The van der Waals surface area contributed by atoms with E-state index >= 15 is 0 Å². The molecule has 1 aliphatic carbocycles. The van der Waals surface area contributed by atoms with Crippen molar-refractivity contribution in [2.75, 3.05) is 0 Å². The van der Waals surface area contributed by atoms with Crippen LogP contribution in [0.25, 0.3) is 11.0 Å². The first-order valence-electron chi connectivity index (χ1n) is 6.70. The van der Waals surface area contributed by atoms with E-state index in [0.29, 0.717) is 29.2 Å². The van der Waals surface area contributed by atoms with Crippen molar-refractivity contribution in [3.8, 4) is 0 Å². The van der Waals surface area contributed by atoms with Gasteiger partial charge < -0.3 is 10.3 Å². The van der Waals surface area contributed by atoms with E-state index in [9.17, 15) is 13.2 Å². The average molecular weight is 283 g/mol. The van der Waals surface area contributed by atoms with Crippen molar-refractivity contribution in [1.82, 2.24) is 9.55 Å². The summed E-state index contributed by atoms with van der Waals surface area (Å²) in [6, 6.07) is 6.80. The van der Waals surface area contributed by atoms with Gasteiger partial charge in [0.25, 0.3) is 0 Å². The van der Waals surface area contributed by atoms with E-state index in [2.05, 4.69) is 4.98 Å². The third-order valence-corrected chi connectivity index (χ3v) is 3.72. The SMILES string of the molecule is NC(Cc1nc2ccccc2n1CC(F)(F)F)C1CC1. The number of imidazole rings is 1. The molecule has 2 N–H and O–H groups in total. The summed E-state index contributed by atoms with van der Waals surface area (Å²) in [7, 11) is 0. The lowest BCUT2D eigenvalue weighted by atomic mass is 10.1. The molecule has 0 aliphatic heterocycles. The molecule has 1 aromatic heterocycles. The Bertz CT molecular complexity index is 614. The summed E-state index contributed by atoms with van der Waals surface area (Å²) >= 11 is 0. The minimum absolute atomic E-state index is 0.0983. The zero-order chi connectivity index (χ0) is 14.3. The Morgan fingerprint density at radius 2 is 2.00 bits per heavy atom. The summed E-state index contributed by atoms with van der Waals surface area (Å²) in [6.07, 6.45) is -1.72. The zero-order valence-electron chi connectivity index (χ0n) is 10.9. The molecule has 1 saturated carbocycles. The first-order valence-corrected chi connectivity index (χ1v) is 6.70. The summed E-state index contributed by atoms with van der Waals surface area (Å²) in [5.74, 6) is 0.872. The van der Waals surface area contributed by atoms with Gasteiger partial charge in [0.05, 0.1) is 11.0 Å². The number of aromatic nitrogens is 2. The van der Waals surface area contributed by atoms with Crippen molar-refractivity contribution in [3.63, 3.8) is 0 Å². The second-order valence-corrected chi connectivity index (χ2v) is 5.42. The molecular weight excluding hydrogens is 267 g/mol. The van der Waals surface area contributed by atoms with E-state index < -0.39 is 12.7 Å². The van der Waals surface area contributed by atoms with E-state index in [0.717, 1.165) is 12.8 Å². The quantitative estimate of drug-likeness (QED) is 0.937. The molecule has 0 saturated heterocycles. The van der Waals surface area contributed by atoms with Crippen LogP contribution in [0.2, 0.25) is 0 Å². The van der Waals surface area contributed by atoms with E-state index in [1.54, 1.807) is 24.3 Å². The molecule has 0 spiro atoms. The lowest BCUT2D eigenvalue weighted by Crippen LogP contribution is -2.28. The molecule has 108 valence electrons. The van der Waals surface area contributed by atoms with Crippen LogP contribution in [0.1, 0.15) is 18.7 Å². The molecule has 6 heteroatoms. The Balaban J connectivity index is 1.97. The smallest absolute Gasteiger partial charge is 0.327 e. The number of fused-ring (bicyclic) bond motifs is 1. The highest BCUT2D eigenvalue weighted by Crippen LogP contribution is 2.33. The van der Waals surface area contributed by atoms with Gasteiger partial charge in [0.15, 0.2) is 0 Å². The van der Waals surface area contributed by atoms with Gasteiger partial charge in [0.2, 0.25) is 0 Å². The third kappa shape index (κ3) is 2.80. The van der Waals surface area contributed by atoms with Crippen LogP contribution in [0, 0.1) is 5.92 Å². The first kappa shape index (κ1) is 13.4. The van der Waals surface area contributed by atoms with E-state index in [-0.39, 0.29) is 6.04 Å². The highest BCUT2D eigenvalue weighted by molar-refractivity contribution is 5.75. The number of nitrogens with zero attached hydrogens (tertiary/aromatic N) is 2. The number of halogens is 3. The summed E-state index contributed by atoms with van der Waals surface area (Å²) in [6.45, 7) is -1.01. The number of nitrogens with two attached hydrogens (primary N) is 1. The van der Waals surface area contributed by atoms with Crippen molar-refractivity contribution in [3.05, 3.63) is 30.1 Å². The molecule has 3 nitrogen and oxygen atoms in total. The van der Waals surface area contributed by atoms with Gasteiger partial charge >= 0.3 is 6.18 Å². The Morgan fingerprint density at radius 3 is 2.65 bits per heavy atom. The molecule has 1 atom stereocenters. The maximum atomic E-state index is 12.8. The summed E-state index contributed by atoms with van der Waals surface area (Å²) in [5.41, 5.74) is 7.14. The molecule has 1 unspecified atom stereocenters. The summed E-state index contributed by atoms with van der Waals surface area (Å²) < 4.78 is 39.5. The van der Waals surface area contributed by atoms with Gasteiger partial charge in [-0.25, -0.2) is 4.98 Å². The molecule has 1 fully saturated rings. The van der Waals surface area contributed by atoms with Crippen molar-refractivity contribution in [2.45, 2.75) is 38.0 Å². The van der Waals surface area contributed by atoms with Crippen LogP contribution >= 0.6 is 0 Å². The maximum Gasteiger partial charge on any atom is 0.406 e. The lowest BCUT2D eigenvalue weighted by molar-refractivity contribution is -0.140. The van der Waals surface area contributed by atoms with Gasteiger partial charge in [-0.3, -0.25) is 0 Å². The molecule has 20 heavy (non-hydrogen) atoms.